The van der Waals surface area contributed by atoms with Gasteiger partial charge in [0.15, 0.2) is 0 Å². The highest BCUT2D eigenvalue weighted by atomic mass is 16.5. The van der Waals surface area contributed by atoms with Gasteiger partial charge < -0.3 is 15.4 Å². The van der Waals surface area contributed by atoms with Crippen LogP contribution in [0.2, 0.25) is 0 Å². The van der Waals surface area contributed by atoms with Gasteiger partial charge in [-0.15, -0.1) is 0 Å². The second kappa shape index (κ2) is 5.90. The Hall–Kier alpha value is -1.81. The van der Waals surface area contributed by atoms with Crippen LogP contribution in [0.15, 0.2) is 30.5 Å². The monoisotopic (exact) mass is 285 g/mol. The van der Waals surface area contributed by atoms with Gasteiger partial charge in [-0.2, -0.15) is 0 Å². The predicted molar refractivity (Wildman–Crippen MR) is 86.9 cm³/mol. The molecule has 3 rings (SSSR count). The maximum atomic E-state index is 5.88. The zero-order chi connectivity index (χ0) is 14.8. The summed E-state index contributed by atoms with van der Waals surface area (Å²) in [7, 11) is 1.70. The van der Waals surface area contributed by atoms with Crippen molar-refractivity contribution >= 4 is 16.6 Å². The van der Waals surface area contributed by atoms with Crippen molar-refractivity contribution in [3.8, 4) is 5.75 Å². The number of anilines is 1. The number of piperidine rings is 1. The van der Waals surface area contributed by atoms with Crippen molar-refractivity contribution < 1.29 is 4.74 Å². The van der Waals surface area contributed by atoms with Gasteiger partial charge in [0.2, 0.25) is 0 Å². The quantitative estimate of drug-likeness (QED) is 0.942. The molecule has 4 nitrogen and oxygen atoms in total. The Morgan fingerprint density at radius 2 is 2.19 bits per heavy atom. The number of aromatic nitrogens is 1. The third-order valence-corrected chi connectivity index (χ3v) is 4.54. The van der Waals surface area contributed by atoms with E-state index in [0.29, 0.717) is 12.0 Å². The number of fused-ring (bicyclic) bond motifs is 1. The normalized spacial score (nSPS) is 22.5. The van der Waals surface area contributed by atoms with Crippen molar-refractivity contribution in [2.24, 2.45) is 11.7 Å². The van der Waals surface area contributed by atoms with Crippen LogP contribution in [0, 0.1) is 5.92 Å². The minimum atomic E-state index is 0.507. The topological polar surface area (TPSA) is 51.4 Å². The van der Waals surface area contributed by atoms with Crippen LogP contribution >= 0.6 is 0 Å². The van der Waals surface area contributed by atoms with Crippen molar-refractivity contribution in [1.82, 2.24) is 4.98 Å². The molecule has 1 fully saturated rings. The van der Waals surface area contributed by atoms with Crippen LogP contribution in [0.3, 0.4) is 0 Å². The van der Waals surface area contributed by atoms with E-state index in [2.05, 4.69) is 28.9 Å². The molecular weight excluding hydrogens is 262 g/mol. The molecule has 2 heterocycles. The molecule has 1 aliphatic rings. The number of hydrogen-bond acceptors (Lipinski definition) is 4. The molecular formula is C17H23N3O. The molecule has 2 aromatic rings. The SMILES string of the molecule is COc1ccc2c(N3CC(CN)CCC3C)nccc2c1. The molecule has 0 amide bonds. The number of rotatable bonds is 3. The number of ether oxygens (including phenoxy) is 1. The van der Waals surface area contributed by atoms with Crippen molar-refractivity contribution in [2.75, 3.05) is 25.1 Å². The van der Waals surface area contributed by atoms with Crippen molar-refractivity contribution in [3.63, 3.8) is 0 Å². The first kappa shape index (κ1) is 14.1. The fourth-order valence-electron chi connectivity index (χ4n) is 3.17. The summed E-state index contributed by atoms with van der Waals surface area (Å²) < 4.78 is 5.31. The van der Waals surface area contributed by atoms with Crippen molar-refractivity contribution in [3.05, 3.63) is 30.5 Å². The van der Waals surface area contributed by atoms with E-state index in [1.807, 2.05) is 18.3 Å². The van der Waals surface area contributed by atoms with Gasteiger partial charge in [0.1, 0.15) is 11.6 Å². The van der Waals surface area contributed by atoms with E-state index in [1.54, 1.807) is 7.11 Å². The first-order chi connectivity index (χ1) is 10.2. The fraction of sp³-hybridized carbons (Fsp3) is 0.471. The van der Waals surface area contributed by atoms with Gasteiger partial charge in [-0.05, 0) is 61.9 Å². The summed E-state index contributed by atoms with van der Waals surface area (Å²) in [6.07, 6.45) is 4.28. The number of nitrogens with zero attached hydrogens (tertiary/aromatic N) is 2. The standard InChI is InChI=1S/C17H23N3O/c1-12-3-4-13(10-18)11-20(12)17-16-6-5-15(21-2)9-14(16)7-8-19-17/h5-9,12-13H,3-4,10-11,18H2,1-2H3. The summed E-state index contributed by atoms with van der Waals surface area (Å²) in [6, 6.07) is 8.72. The largest absolute Gasteiger partial charge is 0.497 e. The minimum Gasteiger partial charge on any atom is -0.497 e. The third-order valence-electron chi connectivity index (χ3n) is 4.54. The van der Waals surface area contributed by atoms with Crippen LogP contribution in [-0.2, 0) is 0 Å². The van der Waals surface area contributed by atoms with Crippen molar-refractivity contribution in [2.45, 2.75) is 25.8 Å². The summed E-state index contributed by atoms with van der Waals surface area (Å²) >= 11 is 0. The second-order valence-corrected chi connectivity index (χ2v) is 5.90. The van der Waals surface area contributed by atoms with Gasteiger partial charge in [-0.3, -0.25) is 0 Å². The van der Waals surface area contributed by atoms with Crippen molar-refractivity contribution in [1.29, 1.82) is 0 Å². The van der Waals surface area contributed by atoms with E-state index in [0.717, 1.165) is 24.7 Å². The van der Waals surface area contributed by atoms with Crippen LogP contribution in [0.1, 0.15) is 19.8 Å². The molecule has 2 unspecified atom stereocenters. The summed E-state index contributed by atoms with van der Waals surface area (Å²) in [5.74, 6) is 2.52. The molecule has 4 heteroatoms. The Balaban J connectivity index is 2.02. The van der Waals surface area contributed by atoms with Gasteiger partial charge in [0.05, 0.1) is 7.11 Å². The molecule has 0 aliphatic carbocycles. The van der Waals surface area contributed by atoms with Gasteiger partial charge in [0.25, 0.3) is 0 Å². The zero-order valence-electron chi connectivity index (χ0n) is 12.7. The van der Waals surface area contributed by atoms with E-state index >= 15 is 0 Å². The first-order valence-electron chi connectivity index (χ1n) is 7.62. The minimum absolute atomic E-state index is 0.507. The van der Waals surface area contributed by atoms with E-state index in [4.69, 9.17) is 10.5 Å². The average Bonchev–Trinajstić information content (AvgIpc) is 2.54. The zero-order valence-corrected chi connectivity index (χ0v) is 12.7. The molecule has 2 atom stereocenters. The summed E-state index contributed by atoms with van der Waals surface area (Å²) in [4.78, 5) is 7.06. The van der Waals surface area contributed by atoms with Gasteiger partial charge in [-0.25, -0.2) is 4.98 Å². The maximum Gasteiger partial charge on any atom is 0.136 e. The predicted octanol–water partition coefficient (Wildman–Crippen LogP) is 2.81. The number of pyridine rings is 1. The van der Waals surface area contributed by atoms with Gasteiger partial charge >= 0.3 is 0 Å². The van der Waals surface area contributed by atoms with Crippen LogP contribution in [0.25, 0.3) is 10.8 Å². The average molecular weight is 285 g/mol. The Labute approximate surface area is 125 Å². The molecule has 0 radical (unpaired) electrons. The molecule has 0 saturated carbocycles. The van der Waals surface area contributed by atoms with E-state index in [9.17, 15) is 0 Å². The first-order valence-corrected chi connectivity index (χ1v) is 7.62. The maximum absolute atomic E-state index is 5.88. The number of hydrogen-bond donors (Lipinski definition) is 1. The Morgan fingerprint density at radius 1 is 1.33 bits per heavy atom. The molecule has 1 aromatic carbocycles. The molecule has 2 N–H and O–H groups in total. The highest BCUT2D eigenvalue weighted by Crippen LogP contribution is 2.32. The molecule has 1 aliphatic heterocycles. The smallest absolute Gasteiger partial charge is 0.136 e. The van der Waals surface area contributed by atoms with E-state index < -0.39 is 0 Å². The highest BCUT2D eigenvalue weighted by molar-refractivity contribution is 5.93. The lowest BCUT2D eigenvalue weighted by atomic mass is 9.93. The lowest BCUT2D eigenvalue weighted by Gasteiger charge is -2.39. The summed E-state index contributed by atoms with van der Waals surface area (Å²) in [5, 5.41) is 2.35. The van der Waals surface area contributed by atoms with Gasteiger partial charge in [-0.1, -0.05) is 0 Å². The second-order valence-electron chi connectivity index (χ2n) is 5.90. The van der Waals surface area contributed by atoms with Gasteiger partial charge in [0, 0.05) is 24.2 Å². The highest BCUT2D eigenvalue weighted by Gasteiger charge is 2.26. The molecule has 0 bridgehead atoms. The summed E-state index contributed by atoms with van der Waals surface area (Å²) in [5.41, 5.74) is 5.88. The van der Waals surface area contributed by atoms with Crippen LogP contribution < -0.4 is 15.4 Å². The number of benzene rings is 1. The lowest BCUT2D eigenvalue weighted by Crippen LogP contribution is -2.44. The molecule has 112 valence electrons. The third kappa shape index (κ3) is 2.68. The van der Waals surface area contributed by atoms with Crippen LogP contribution in [0.4, 0.5) is 5.82 Å². The van der Waals surface area contributed by atoms with E-state index in [-0.39, 0.29) is 0 Å². The number of methoxy groups -OCH3 is 1. The molecule has 0 spiro atoms. The molecule has 1 saturated heterocycles. The van der Waals surface area contributed by atoms with E-state index in [1.165, 1.54) is 23.6 Å². The van der Waals surface area contributed by atoms with Crippen LogP contribution in [-0.4, -0.2) is 31.2 Å². The fourth-order valence-corrected chi connectivity index (χ4v) is 3.17. The lowest BCUT2D eigenvalue weighted by molar-refractivity contribution is 0.372. The molecule has 21 heavy (non-hydrogen) atoms. The number of nitrogens with two attached hydrogens (primary N) is 1. The molecule has 1 aromatic heterocycles. The van der Waals surface area contributed by atoms with Crippen LogP contribution in [0.5, 0.6) is 5.75 Å². The summed E-state index contributed by atoms with van der Waals surface area (Å²) in [6.45, 7) is 4.02. The Bertz CT molecular complexity index is 628. The Kier molecular flexibility index (Phi) is 3.97. The Morgan fingerprint density at radius 3 is 2.95 bits per heavy atom.